The van der Waals surface area contributed by atoms with Gasteiger partial charge in [0.2, 0.25) is 0 Å². The van der Waals surface area contributed by atoms with Gasteiger partial charge in [-0.15, -0.1) is 0 Å². The number of nitrogens with zero attached hydrogens (tertiary/aromatic N) is 4. The van der Waals surface area contributed by atoms with Crippen molar-refractivity contribution in [1.29, 1.82) is 0 Å². The van der Waals surface area contributed by atoms with Gasteiger partial charge in [0, 0.05) is 11.3 Å². The normalized spacial score (nSPS) is 22.5. The molecule has 0 spiro atoms. The van der Waals surface area contributed by atoms with Crippen molar-refractivity contribution in [3.8, 4) is 11.3 Å². The fourth-order valence-corrected chi connectivity index (χ4v) is 2.75. The van der Waals surface area contributed by atoms with Crippen molar-refractivity contribution in [2.75, 3.05) is 0 Å². The number of allylic oxidation sites excluding steroid dienone is 2. The lowest BCUT2D eigenvalue weighted by Gasteiger charge is -2.21. The lowest BCUT2D eigenvalue weighted by atomic mass is 10.0. The Hall–Kier alpha value is -2.75. The lowest BCUT2D eigenvalue weighted by molar-refractivity contribution is 0.689. The zero-order valence-corrected chi connectivity index (χ0v) is 12.3. The number of hydrogen-bond acceptors (Lipinski definition) is 3. The first-order chi connectivity index (χ1) is 10.8. The van der Waals surface area contributed by atoms with Gasteiger partial charge in [-0.25, -0.2) is 4.68 Å². The van der Waals surface area contributed by atoms with Crippen LogP contribution in [-0.4, -0.2) is 33.9 Å². The average molecular weight is 288 g/mol. The molecule has 1 aliphatic carbocycles. The highest BCUT2D eigenvalue weighted by Crippen LogP contribution is 2.20. The minimum absolute atomic E-state index is 0.0776. The third-order valence-corrected chi connectivity index (χ3v) is 3.90. The van der Waals surface area contributed by atoms with Crippen LogP contribution < -0.4 is 0 Å². The van der Waals surface area contributed by atoms with Crippen LogP contribution in [0.15, 0.2) is 70.7 Å². The quantitative estimate of drug-likeness (QED) is 0.795. The van der Waals surface area contributed by atoms with Crippen LogP contribution >= 0.6 is 0 Å². The second-order valence-corrected chi connectivity index (χ2v) is 5.47. The van der Waals surface area contributed by atoms with Crippen LogP contribution in [0, 0.1) is 6.92 Å². The highest BCUT2D eigenvalue weighted by Gasteiger charge is 2.22. The van der Waals surface area contributed by atoms with E-state index in [1.54, 1.807) is 0 Å². The van der Waals surface area contributed by atoms with Crippen molar-refractivity contribution >= 4 is 12.1 Å². The Labute approximate surface area is 129 Å². The fourth-order valence-electron chi connectivity index (χ4n) is 2.75. The van der Waals surface area contributed by atoms with Crippen LogP contribution in [0.5, 0.6) is 0 Å². The number of aliphatic imine (C=N–C) groups is 2. The number of fused-ring (bicyclic) bond motifs is 1. The van der Waals surface area contributed by atoms with Crippen molar-refractivity contribution in [2.45, 2.75) is 19.0 Å². The van der Waals surface area contributed by atoms with Crippen LogP contribution in [-0.2, 0) is 0 Å². The largest absolute Gasteiger partial charge is 0.279 e. The molecule has 0 bridgehead atoms. The molecule has 0 radical (unpaired) electrons. The minimum Gasteiger partial charge on any atom is -0.279 e. The molecule has 4 rings (SSSR count). The summed E-state index contributed by atoms with van der Waals surface area (Å²) in [7, 11) is 0. The Bertz CT molecular complexity index is 809. The first kappa shape index (κ1) is 13.0. The first-order valence-electron chi connectivity index (χ1n) is 7.40. The van der Waals surface area contributed by atoms with E-state index in [1.807, 2.05) is 48.2 Å². The number of aromatic nitrogens is 2. The predicted molar refractivity (Wildman–Crippen MR) is 89.6 cm³/mol. The Balaban J connectivity index is 1.71. The summed E-state index contributed by atoms with van der Waals surface area (Å²) >= 11 is 0. The molecular formula is C18H16N4. The maximum atomic E-state index is 4.77. The van der Waals surface area contributed by atoms with Gasteiger partial charge in [0.1, 0.15) is 0 Å². The standard InChI is InChI=1S/C18H16N4/c1-13-11-17(14-7-3-2-4-8-14)21-22(13)18-12-19-15-9-5-6-10-16(15)20-18/h2-12,15-16H,1H3. The van der Waals surface area contributed by atoms with Crippen molar-refractivity contribution in [1.82, 2.24) is 9.78 Å². The van der Waals surface area contributed by atoms with E-state index in [0.29, 0.717) is 0 Å². The number of aryl methyl sites for hydroxylation is 1. The molecule has 1 aromatic carbocycles. The van der Waals surface area contributed by atoms with Crippen molar-refractivity contribution < 1.29 is 0 Å². The Morgan fingerprint density at radius 3 is 2.59 bits per heavy atom. The molecule has 0 saturated heterocycles. The lowest BCUT2D eigenvalue weighted by Crippen LogP contribution is -2.31. The summed E-state index contributed by atoms with van der Waals surface area (Å²) < 4.78 is 1.87. The van der Waals surface area contributed by atoms with E-state index < -0.39 is 0 Å². The van der Waals surface area contributed by atoms with Crippen LogP contribution in [0.25, 0.3) is 11.3 Å². The molecule has 1 aliphatic heterocycles. The van der Waals surface area contributed by atoms with Gasteiger partial charge < -0.3 is 0 Å². The van der Waals surface area contributed by atoms with E-state index >= 15 is 0 Å². The van der Waals surface area contributed by atoms with Crippen LogP contribution in [0.4, 0.5) is 0 Å². The third-order valence-electron chi connectivity index (χ3n) is 3.90. The molecule has 2 atom stereocenters. The molecule has 22 heavy (non-hydrogen) atoms. The Kier molecular flexibility index (Phi) is 3.07. The molecule has 0 amide bonds. The van der Waals surface area contributed by atoms with Gasteiger partial charge in [0.25, 0.3) is 0 Å². The summed E-state index contributed by atoms with van der Waals surface area (Å²) in [6.45, 7) is 2.04. The zero-order chi connectivity index (χ0) is 14.9. The fraction of sp³-hybridized carbons (Fsp3) is 0.167. The van der Waals surface area contributed by atoms with Crippen molar-refractivity contribution in [2.24, 2.45) is 9.98 Å². The van der Waals surface area contributed by atoms with E-state index in [-0.39, 0.29) is 12.1 Å². The highest BCUT2D eigenvalue weighted by molar-refractivity contribution is 6.30. The van der Waals surface area contributed by atoms with Crippen LogP contribution in [0.2, 0.25) is 0 Å². The van der Waals surface area contributed by atoms with Crippen LogP contribution in [0.3, 0.4) is 0 Å². The Morgan fingerprint density at radius 2 is 1.77 bits per heavy atom. The van der Waals surface area contributed by atoms with Gasteiger partial charge >= 0.3 is 0 Å². The number of hydrogen-bond donors (Lipinski definition) is 0. The number of rotatable bonds is 1. The third kappa shape index (κ3) is 2.22. The van der Waals surface area contributed by atoms with Gasteiger partial charge in [-0.05, 0) is 13.0 Å². The summed E-state index contributed by atoms with van der Waals surface area (Å²) in [6, 6.07) is 12.5. The highest BCUT2D eigenvalue weighted by atomic mass is 15.3. The smallest absolute Gasteiger partial charge is 0.167 e. The second-order valence-electron chi connectivity index (χ2n) is 5.47. The molecule has 2 aromatic rings. The van der Waals surface area contributed by atoms with Crippen molar-refractivity contribution in [3.05, 3.63) is 66.4 Å². The summed E-state index contributed by atoms with van der Waals surface area (Å²) in [5.74, 6) is 0.792. The molecular weight excluding hydrogens is 272 g/mol. The average Bonchev–Trinajstić information content (AvgIpc) is 2.97. The minimum atomic E-state index is 0.0776. The summed E-state index contributed by atoms with van der Waals surface area (Å²) in [5, 5.41) is 4.69. The van der Waals surface area contributed by atoms with Gasteiger partial charge in [0.15, 0.2) is 5.84 Å². The Morgan fingerprint density at radius 1 is 1.00 bits per heavy atom. The van der Waals surface area contributed by atoms with Gasteiger partial charge in [-0.3, -0.25) is 9.98 Å². The SMILES string of the molecule is Cc1cc(-c2ccccc2)nn1C1=NC2C=CC=CC2N=C1. The number of benzene rings is 1. The molecule has 0 N–H and O–H groups in total. The molecule has 2 heterocycles. The summed E-state index contributed by atoms with van der Waals surface area (Å²) in [5.41, 5.74) is 3.12. The van der Waals surface area contributed by atoms with Gasteiger partial charge in [-0.2, -0.15) is 5.10 Å². The molecule has 2 unspecified atom stereocenters. The van der Waals surface area contributed by atoms with Gasteiger partial charge in [-0.1, -0.05) is 54.6 Å². The monoisotopic (exact) mass is 288 g/mol. The van der Waals surface area contributed by atoms with Crippen molar-refractivity contribution in [3.63, 3.8) is 0 Å². The molecule has 4 nitrogen and oxygen atoms in total. The predicted octanol–water partition coefficient (Wildman–Crippen LogP) is 3.05. The molecule has 2 aliphatic rings. The molecule has 4 heteroatoms. The van der Waals surface area contributed by atoms with E-state index in [9.17, 15) is 0 Å². The van der Waals surface area contributed by atoms with E-state index in [0.717, 1.165) is 22.8 Å². The second kappa shape index (κ2) is 5.22. The molecule has 0 saturated carbocycles. The molecule has 1 aromatic heterocycles. The first-order valence-corrected chi connectivity index (χ1v) is 7.40. The zero-order valence-electron chi connectivity index (χ0n) is 12.3. The maximum Gasteiger partial charge on any atom is 0.167 e. The van der Waals surface area contributed by atoms with Gasteiger partial charge in [0.05, 0.1) is 24.0 Å². The van der Waals surface area contributed by atoms with E-state index in [1.165, 1.54) is 0 Å². The summed E-state index contributed by atoms with van der Waals surface area (Å²) in [4.78, 5) is 9.35. The molecule has 0 fully saturated rings. The maximum absolute atomic E-state index is 4.77. The van der Waals surface area contributed by atoms with E-state index in [4.69, 9.17) is 10.1 Å². The summed E-state index contributed by atoms with van der Waals surface area (Å²) in [6.07, 6.45) is 10.0. The van der Waals surface area contributed by atoms with E-state index in [2.05, 4.69) is 35.3 Å². The topological polar surface area (TPSA) is 42.5 Å². The van der Waals surface area contributed by atoms with Crippen LogP contribution in [0.1, 0.15) is 5.69 Å². The molecule has 108 valence electrons.